The molecule has 36 heavy (non-hydrogen) atoms. The third-order valence-electron chi connectivity index (χ3n) is 6.65. The average molecular weight is 520 g/mol. The Bertz CT molecular complexity index is 1040. The molecule has 1 heterocycles. The first-order chi connectivity index (χ1) is 17.2. The molecule has 3 rings (SSSR count). The van der Waals surface area contributed by atoms with Crippen molar-refractivity contribution in [3.8, 4) is 11.5 Å². The van der Waals surface area contributed by atoms with Crippen molar-refractivity contribution in [2.24, 2.45) is 0 Å². The van der Waals surface area contributed by atoms with Crippen LogP contribution < -0.4 is 9.47 Å². The largest absolute Gasteiger partial charge is 0.496 e. The summed E-state index contributed by atoms with van der Waals surface area (Å²) in [7, 11) is 2.94. The van der Waals surface area contributed by atoms with Gasteiger partial charge in [-0.05, 0) is 50.8 Å². The molecule has 1 aromatic carbocycles. The maximum absolute atomic E-state index is 12.2. The number of carbonyl (C=O) groups excluding carboxylic acids is 1. The van der Waals surface area contributed by atoms with Gasteiger partial charge in [-0.3, -0.25) is 9.59 Å². The first kappa shape index (κ1) is 28.1. The molecular formula is C27H37NO7S. The van der Waals surface area contributed by atoms with Gasteiger partial charge in [-0.1, -0.05) is 26.2 Å². The van der Waals surface area contributed by atoms with Crippen LogP contribution in [0.5, 0.6) is 11.5 Å². The van der Waals surface area contributed by atoms with Crippen molar-refractivity contribution < 1.29 is 34.0 Å². The molecule has 1 saturated carbocycles. The molecule has 0 saturated heterocycles. The standard InChI is InChI=1S/C27H37NO7S/c1-6-9-22-25(15(2)27(31)32)28-23(36-22)14-21(35-18-10-7-8-11-18)26(30)17-12-19(33-4)24(16(3)29)20(13-17)34-5/h12-13,15,18,21,26,30H,6-11,14H2,1-5H3,(H,31,32). The number of nitrogens with zero attached hydrogens (tertiary/aromatic N) is 1. The molecule has 198 valence electrons. The number of aliphatic hydroxyl groups is 1. The van der Waals surface area contributed by atoms with Gasteiger partial charge in [0.25, 0.3) is 0 Å². The number of aryl methyl sites for hydroxylation is 1. The molecule has 0 bridgehead atoms. The molecular weight excluding hydrogens is 482 g/mol. The number of Topliss-reactive ketones (excluding diaryl/α,β-unsaturated/α-hetero) is 1. The summed E-state index contributed by atoms with van der Waals surface area (Å²) in [5.41, 5.74) is 1.43. The number of rotatable bonds is 13. The van der Waals surface area contributed by atoms with Crippen LogP contribution in [0.3, 0.4) is 0 Å². The topological polar surface area (TPSA) is 115 Å². The second-order valence-electron chi connectivity index (χ2n) is 9.31. The fourth-order valence-corrected chi connectivity index (χ4v) is 6.01. The zero-order valence-corrected chi connectivity index (χ0v) is 22.5. The third-order valence-corrected chi connectivity index (χ3v) is 7.80. The molecule has 1 aromatic heterocycles. The Hall–Kier alpha value is -2.49. The van der Waals surface area contributed by atoms with Gasteiger partial charge in [0, 0.05) is 11.3 Å². The summed E-state index contributed by atoms with van der Waals surface area (Å²) < 4.78 is 17.3. The van der Waals surface area contributed by atoms with Gasteiger partial charge in [0.2, 0.25) is 0 Å². The van der Waals surface area contributed by atoms with Crippen LogP contribution >= 0.6 is 11.3 Å². The molecule has 2 aromatic rings. The number of aromatic nitrogens is 1. The first-order valence-electron chi connectivity index (χ1n) is 12.5. The van der Waals surface area contributed by atoms with E-state index in [1.54, 1.807) is 19.1 Å². The number of aliphatic carboxylic acids is 1. The van der Waals surface area contributed by atoms with Crippen LogP contribution in [0.15, 0.2) is 12.1 Å². The quantitative estimate of drug-likeness (QED) is 0.351. The number of ether oxygens (including phenoxy) is 3. The fourth-order valence-electron chi connectivity index (χ4n) is 4.71. The number of ketones is 1. The van der Waals surface area contributed by atoms with Crippen LogP contribution in [0.2, 0.25) is 0 Å². The molecule has 2 N–H and O–H groups in total. The van der Waals surface area contributed by atoms with Crippen molar-refractivity contribution >= 4 is 23.1 Å². The normalized spacial score (nSPS) is 16.5. The van der Waals surface area contributed by atoms with E-state index < -0.39 is 24.1 Å². The highest BCUT2D eigenvalue weighted by Crippen LogP contribution is 2.37. The van der Waals surface area contributed by atoms with E-state index in [4.69, 9.17) is 19.2 Å². The Morgan fingerprint density at radius 1 is 1.17 bits per heavy atom. The third kappa shape index (κ3) is 6.44. The Kier molecular flexibility index (Phi) is 9.87. The number of carboxylic acids is 1. The highest BCUT2D eigenvalue weighted by Gasteiger charge is 2.31. The fraction of sp³-hybridized carbons (Fsp3) is 0.593. The number of hydrogen-bond acceptors (Lipinski definition) is 8. The second kappa shape index (κ2) is 12.7. The lowest BCUT2D eigenvalue weighted by Gasteiger charge is -2.27. The van der Waals surface area contributed by atoms with Crippen LogP contribution in [-0.4, -0.2) is 53.4 Å². The monoisotopic (exact) mass is 519 g/mol. The van der Waals surface area contributed by atoms with Gasteiger partial charge in [-0.2, -0.15) is 0 Å². The van der Waals surface area contributed by atoms with Crippen molar-refractivity contribution in [1.82, 2.24) is 4.98 Å². The molecule has 1 aliphatic rings. The molecule has 0 aliphatic heterocycles. The minimum Gasteiger partial charge on any atom is -0.496 e. The zero-order valence-electron chi connectivity index (χ0n) is 21.7. The van der Waals surface area contributed by atoms with Crippen LogP contribution in [0.4, 0.5) is 0 Å². The number of aliphatic hydroxyl groups excluding tert-OH is 1. The van der Waals surface area contributed by atoms with Crippen LogP contribution in [-0.2, 0) is 22.4 Å². The van der Waals surface area contributed by atoms with E-state index in [1.165, 1.54) is 32.5 Å². The van der Waals surface area contributed by atoms with E-state index in [0.29, 0.717) is 34.7 Å². The van der Waals surface area contributed by atoms with E-state index in [9.17, 15) is 19.8 Å². The van der Waals surface area contributed by atoms with E-state index in [-0.39, 0.29) is 11.9 Å². The van der Waals surface area contributed by atoms with Gasteiger partial charge in [0.15, 0.2) is 5.78 Å². The number of carbonyl (C=O) groups is 2. The summed E-state index contributed by atoms with van der Waals surface area (Å²) in [6.45, 7) is 5.14. The first-order valence-corrected chi connectivity index (χ1v) is 13.3. The van der Waals surface area contributed by atoms with Gasteiger partial charge in [-0.25, -0.2) is 4.98 Å². The minimum absolute atomic E-state index is 0.0393. The van der Waals surface area contributed by atoms with Crippen LogP contribution in [0.1, 0.15) is 96.4 Å². The zero-order chi connectivity index (χ0) is 26.4. The minimum atomic E-state index is -1.03. The van der Waals surface area contributed by atoms with Crippen molar-refractivity contribution in [2.45, 2.75) is 89.9 Å². The molecule has 1 fully saturated rings. The molecule has 3 unspecified atom stereocenters. The lowest BCUT2D eigenvalue weighted by Crippen LogP contribution is -2.29. The highest BCUT2D eigenvalue weighted by atomic mass is 32.1. The molecule has 9 heteroatoms. The summed E-state index contributed by atoms with van der Waals surface area (Å²) in [6, 6.07) is 3.30. The molecule has 8 nitrogen and oxygen atoms in total. The predicted molar refractivity (Wildman–Crippen MR) is 138 cm³/mol. The maximum atomic E-state index is 12.2. The lowest BCUT2D eigenvalue weighted by molar-refractivity contribution is -0.138. The van der Waals surface area contributed by atoms with E-state index in [1.807, 2.05) is 0 Å². The molecule has 1 aliphatic carbocycles. The summed E-state index contributed by atoms with van der Waals surface area (Å²) >= 11 is 1.49. The number of methoxy groups -OCH3 is 2. The predicted octanol–water partition coefficient (Wildman–Crippen LogP) is 5.11. The van der Waals surface area contributed by atoms with Gasteiger partial charge < -0.3 is 24.4 Å². The smallest absolute Gasteiger partial charge is 0.312 e. The van der Waals surface area contributed by atoms with Crippen LogP contribution in [0, 0.1) is 0 Å². The second-order valence-corrected chi connectivity index (χ2v) is 10.5. The number of carboxylic acid groups (broad SMARTS) is 1. The van der Waals surface area contributed by atoms with Gasteiger partial charge in [0.05, 0.1) is 43.0 Å². The average Bonchev–Trinajstić information content (AvgIpc) is 3.51. The Labute approximate surface area is 216 Å². The van der Waals surface area contributed by atoms with Gasteiger partial charge >= 0.3 is 5.97 Å². The molecule has 0 radical (unpaired) electrons. The Morgan fingerprint density at radius 3 is 2.28 bits per heavy atom. The van der Waals surface area contributed by atoms with E-state index in [0.717, 1.165) is 48.4 Å². The lowest BCUT2D eigenvalue weighted by atomic mass is 9.97. The Morgan fingerprint density at radius 2 is 1.78 bits per heavy atom. The van der Waals surface area contributed by atoms with E-state index >= 15 is 0 Å². The number of hydrogen-bond donors (Lipinski definition) is 2. The number of benzene rings is 1. The summed E-state index contributed by atoms with van der Waals surface area (Å²) in [5, 5.41) is 21.8. The van der Waals surface area contributed by atoms with Crippen molar-refractivity contribution in [3.05, 3.63) is 38.8 Å². The highest BCUT2D eigenvalue weighted by molar-refractivity contribution is 7.11. The SMILES string of the molecule is CCCc1sc(CC(OC2CCCC2)C(O)c2cc(OC)c(C(C)=O)c(OC)c2)nc1C(C)C(=O)O. The summed E-state index contributed by atoms with van der Waals surface area (Å²) in [4.78, 5) is 29.5. The maximum Gasteiger partial charge on any atom is 0.312 e. The van der Waals surface area contributed by atoms with Crippen molar-refractivity contribution in [3.63, 3.8) is 0 Å². The summed E-state index contributed by atoms with van der Waals surface area (Å²) in [6.07, 6.45) is 4.39. The molecule has 0 spiro atoms. The number of thiazole rings is 1. The summed E-state index contributed by atoms with van der Waals surface area (Å²) in [5.74, 6) is -1.16. The molecule has 3 atom stereocenters. The van der Waals surface area contributed by atoms with Gasteiger partial charge in [0.1, 0.15) is 23.2 Å². The van der Waals surface area contributed by atoms with Crippen LogP contribution in [0.25, 0.3) is 0 Å². The van der Waals surface area contributed by atoms with Crippen molar-refractivity contribution in [2.75, 3.05) is 14.2 Å². The molecule has 0 amide bonds. The van der Waals surface area contributed by atoms with Gasteiger partial charge in [-0.15, -0.1) is 11.3 Å². The van der Waals surface area contributed by atoms with Crippen molar-refractivity contribution in [1.29, 1.82) is 0 Å². The Balaban J connectivity index is 1.98. The van der Waals surface area contributed by atoms with E-state index in [2.05, 4.69) is 6.92 Å².